The molecule has 2 N–H and O–H groups in total. The van der Waals surface area contributed by atoms with E-state index >= 15 is 0 Å². The minimum absolute atomic E-state index is 0.190. The van der Waals surface area contributed by atoms with E-state index in [4.69, 9.17) is 10.5 Å². The Labute approximate surface area is 97.8 Å². The van der Waals surface area contributed by atoms with Crippen molar-refractivity contribution in [2.45, 2.75) is 45.3 Å². The molecule has 0 saturated heterocycles. The van der Waals surface area contributed by atoms with Gasteiger partial charge < -0.3 is 10.5 Å². The average molecular weight is 219 g/mol. The highest BCUT2D eigenvalue weighted by atomic mass is 16.5. The predicted octanol–water partition coefficient (Wildman–Crippen LogP) is 2.97. The quantitative estimate of drug-likeness (QED) is 0.845. The van der Waals surface area contributed by atoms with Crippen LogP contribution in [0.2, 0.25) is 0 Å². The number of hydrogen-bond acceptors (Lipinski definition) is 2. The number of benzene rings is 1. The lowest BCUT2D eigenvalue weighted by molar-refractivity contribution is -0.0722. The molecule has 2 atom stereocenters. The molecule has 0 bridgehead atoms. The summed E-state index contributed by atoms with van der Waals surface area (Å²) in [6.07, 6.45) is 3.47. The van der Waals surface area contributed by atoms with Crippen molar-refractivity contribution >= 4 is 0 Å². The first-order valence-corrected chi connectivity index (χ1v) is 6.20. The Morgan fingerprint density at radius 2 is 1.88 bits per heavy atom. The largest absolute Gasteiger partial charge is 0.490 e. The Kier molecular flexibility index (Phi) is 3.20. The van der Waals surface area contributed by atoms with Gasteiger partial charge in [0.1, 0.15) is 11.9 Å². The molecule has 0 heterocycles. The van der Waals surface area contributed by atoms with Crippen molar-refractivity contribution in [3.05, 3.63) is 30.3 Å². The van der Waals surface area contributed by atoms with Crippen molar-refractivity contribution in [2.24, 2.45) is 11.1 Å². The third-order valence-corrected chi connectivity index (χ3v) is 4.19. The highest BCUT2D eigenvalue weighted by molar-refractivity contribution is 5.23. The molecule has 1 aliphatic rings. The van der Waals surface area contributed by atoms with E-state index in [1.807, 2.05) is 30.3 Å². The van der Waals surface area contributed by atoms with Gasteiger partial charge in [0, 0.05) is 17.9 Å². The summed E-state index contributed by atoms with van der Waals surface area (Å²) in [5.41, 5.74) is 6.33. The molecule has 0 radical (unpaired) electrons. The van der Waals surface area contributed by atoms with Crippen LogP contribution in [0.15, 0.2) is 30.3 Å². The van der Waals surface area contributed by atoms with Gasteiger partial charge in [0.05, 0.1) is 0 Å². The van der Waals surface area contributed by atoms with Crippen molar-refractivity contribution in [2.75, 3.05) is 0 Å². The van der Waals surface area contributed by atoms with Gasteiger partial charge in [-0.1, -0.05) is 32.0 Å². The molecular weight excluding hydrogens is 198 g/mol. The summed E-state index contributed by atoms with van der Waals surface area (Å²) in [5, 5.41) is 0. The Morgan fingerprint density at radius 1 is 1.25 bits per heavy atom. The van der Waals surface area contributed by atoms with E-state index in [9.17, 15) is 0 Å². The summed E-state index contributed by atoms with van der Waals surface area (Å²) < 4.78 is 6.04. The molecule has 1 saturated carbocycles. The second-order valence-corrected chi connectivity index (χ2v) is 4.70. The molecule has 1 aliphatic carbocycles. The molecule has 16 heavy (non-hydrogen) atoms. The van der Waals surface area contributed by atoms with Crippen LogP contribution >= 0.6 is 0 Å². The van der Waals surface area contributed by atoms with E-state index in [0.29, 0.717) is 12.1 Å². The van der Waals surface area contributed by atoms with Crippen LogP contribution < -0.4 is 10.5 Å². The molecule has 1 fully saturated rings. The Morgan fingerprint density at radius 3 is 2.38 bits per heavy atom. The molecule has 2 nitrogen and oxygen atoms in total. The van der Waals surface area contributed by atoms with Gasteiger partial charge in [0.25, 0.3) is 0 Å². The zero-order chi connectivity index (χ0) is 11.6. The fourth-order valence-corrected chi connectivity index (χ4v) is 2.84. The second-order valence-electron chi connectivity index (χ2n) is 4.70. The Bertz CT molecular complexity index is 332. The SMILES string of the molecule is CCC1(CC)C(N)CC1Oc1ccccc1. The monoisotopic (exact) mass is 219 g/mol. The topological polar surface area (TPSA) is 35.2 Å². The molecule has 1 aromatic carbocycles. The van der Waals surface area contributed by atoms with Crippen LogP contribution in [-0.2, 0) is 0 Å². The van der Waals surface area contributed by atoms with Gasteiger partial charge in [0.2, 0.25) is 0 Å². The van der Waals surface area contributed by atoms with Crippen LogP contribution in [0, 0.1) is 5.41 Å². The van der Waals surface area contributed by atoms with E-state index in [1.54, 1.807) is 0 Å². The van der Waals surface area contributed by atoms with Crippen LogP contribution in [0.1, 0.15) is 33.1 Å². The van der Waals surface area contributed by atoms with Crippen molar-refractivity contribution in [3.63, 3.8) is 0 Å². The van der Waals surface area contributed by atoms with E-state index in [1.165, 1.54) is 0 Å². The van der Waals surface area contributed by atoms with Gasteiger partial charge in [-0.05, 0) is 25.0 Å². The van der Waals surface area contributed by atoms with Crippen molar-refractivity contribution < 1.29 is 4.74 Å². The fourth-order valence-electron chi connectivity index (χ4n) is 2.84. The van der Waals surface area contributed by atoms with E-state index < -0.39 is 0 Å². The number of nitrogens with two attached hydrogens (primary N) is 1. The van der Waals surface area contributed by atoms with E-state index in [2.05, 4.69) is 13.8 Å². The Balaban J connectivity index is 2.07. The van der Waals surface area contributed by atoms with Gasteiger partial charge in [-0.3, -0.25) is 0 Å². The zero-order valence-electron chi connectivity index (χ0n) is 10.1. The maximum atomic E-state index is 6.14. The van der Waals surface area contributed by atoms with Crippen LogP contribution in [-0.4, -0.2) is 12.1 Å². The van der Waals surface area contributed by atoms with E-state index in [0.717, 1.165) is 25.0 Å². The lowest BCUT2D eigenvalue weighted by Crippen LogP contribution is -2.62. The number of rotatable bonds is 4. The average Bonchev–Trinajstić information content (AvgIpc) is 2.32. The lowest BCUT2D eigenvalue weighted by atomic mass is 9.59. The van der Waals surface area contributed by atoms with Crippen LogP contribution in [0.4, 0.5) is 0 Å². The third kappa shape index (κ3) is 1.71. The molecule has 2 heteroatoms. The standard InChI is InChI=1S/C14H21NO/c1-3-14(4-2)12(15)10-13(14)16-11-8-6-5-7-9-11/h5-9,12-13H,3-4,10,15H2,1-2H3. The first-order valence-electron chi connectivity index (χ1n) is 6.20. The summed E-state index contributed by atoms with van der Waals surface area (Å²) in [6.45, 7) is 4.42. The van der Waals surface area contributed by atoms with Crippen molar-refractivity contribution in [1.82, 2.24) is 0 Å². The zero-order valence-corrected chi connectivity index (χ0v) is 10.1. The molecule has 0 aliphatic heterocycles. The predicted molar refractivity (Wildman–Crippen MR) is 66.5 cm³/mol. The van der Waals surface area contributed by atoms with E-state index in [-0.39, 0.29) is 5.41 Å². The third-order valence-electron chi connectivity index (χ3n) is 4.19. The van der Waals surface area contributed by atoms with Crippen LogP contribution in [0.5, 0.6) is 5.75 Å². The second kappa shape index (κ2) is 4.46. The fraction of sp³-hybridized carbons (Fsp3) is 0.571. The summed E-state index contributed by atoms with van der Waals surface area (Å²) in [5.74, 6) is 0.964. The highest BCUT2D eigenvalue weighted by Crippen LogP contribution is 2.47. The maximum absolute atomic E-state index is 6.14. The van der Waals surface area contributed by atoms with Crippen LogP contribution in [0.3, 0.4) is 0 Å². The molecular formula is C14H21NO. The minimum Gasteiger partial charge on any atom is -0.490 e. The highest BCUT2D eigenvalue weighted by Gasteiger charge is 2.52. The van der Waals surface area contributed by atoms with Crippen LogP contribution in [0.25, 0.3) is 0 Å². The smallest absolute Gasteiger partial charge is 0.119 e. The summed E-state index contributed by atoms with van der Waals surface area (Å²) in [7, 11) is 0. The lowest BCUT2D eigenvalue weighted by Gasteiger charge is -2.53. The molecule has 2 unspecified atom stereocenters. The Hall–Kier alpha value is -1.02. The van der Waals surface area contributed by atoms with Gasteiger partial charge in [-0.2, -0.15) is 0 Å². The van der Waals surface area contributed by atoms with Gasteiger partial charge >= 0.3 is 0 Å². The first kappa shape index (κ1) is 11.5. The van der Waals surface area contributed by atoms with Gasteiger partial charge in [-0.15, -0.1) is 0 Å². The van der Waals surface area contributed by atoms with Gasteiger partial charge in [0.15, 0.2) is 0 Å². The molecule has 88 valence electrons. The normalized spacial score (nSPS) is 27.2. The summed E-state index contributed by atoms with van der Waals surface area (Å²) in [4.78, 5) is 0. The summed E-state index contributed by atoms with van der Waals surface area (Å²) in [6, 6.07) is 10.4. The molecule has 0 spiro atoms. The molecule has 0 amide bonds. The first-order chi connectivity index (χ1) is 7.73. The molecule has 2 rings (SSSR count). The summed E-state index contributed by atoms with van der Waals surface area (Å²) >= 11 is 0. The van der Waals surface area contributed by atoms with Crippen molar-refractivity contribution in [1.29, 1.82) is 0 Å². The minimum atomic E-state index is 0.190. The number of para-hydroxylation sites is 1. The maximum Gasteiger partial charge on any atom is 0.119 e. The molecule has 1 aromatic rings. The molecule has 0 aromatic heterocycles. The number of hydrogen-bond donors (Lipinski definition) is 1. The number of ether oxygens (including phenoxy) is 1. The van der Waals surface area contributed by atoms with Crippen molar-refractivity contribution in [3.8, 4) is 5.75 Å². The van der Waals surface area contributed by atoms with Gasteiger partial charge in [-0.25, -0.2) is 0 Å².